The molecule has 6 nitrogen and oxygen atoms in total. The highest BCUT2D eigenvalue weighted by Crippen LogP contribution is 2.20. The highest BCUT2D eigenvalue weighted by Gasteiger charge is 2.23. The third-order valence-corrected chi connectivity index (χ3v) is 4.31. The number of nitrogens with zero attached hydrogens (tertiary/aromatic N) is 2. The normalized spacial score (nSPS) is 14.7. The number of hydrogen-bond donors (Lipinski definition) is 1. The Morgan fingerprint density at radius 3 is 2.96 bits per heavy atom. The standard InChI is InChI=1S/C18H21F2N3O3/c1-25-10-7-21-17(24)18-22-14-5-8-23(9-6-15(14)26-18)11-12-3-2-4-13(19)16(12)20/h2-4H,5-11H2,1H3,(H,21,24). The van der Waals surface area contributed by atoms with Gasteiger partial charge in [0.15, 0.2) is 11.6 Å². The van der Waals surface area contributed by atoms with E-state index in [0.29, 0.717) is 57.0 Å². The zero-order valence-corrected chi connectivity index (χ0v) is 14.6. The number of halogens is 2. The number of methoxy groups -OCH3 is 1. The van der Waals surface area contributed by atoms with Crippen LogP contribution in [0.5, 0.6) is 0 Å². The lowest BCUT2D eigenvalue weighted by Crippen LogP contribution is -2.28. The van der Waals surface area contributed by atoms with E-state index in [0.717, 1.165) is 11.8 Å². The monoisotopic (exact) mass is 365 g/mol. The number of rotatable bonds is 6. The number of oxazole rings is 1. The molecule has 0 radical (unpaired) electrons. The second-order valence-electron chi connectivity index (χ2n) is 6.13. The van der Waals surface area contributed by atoms with Crippen molar-refractivity contribution in [1.82, 2.24) is 15.2 Å². The van der Waals surface area contributed by atoms with Crippen molar-refractivity contribution in [2.24, 2.45) is 0 Å². The molecule has 1 aromatic carbocycles. The lowest BCUT2D eigenvalue weighted by atomic mass is 10.2. The summed E-state index contributed by atoms with van der Waals surface area (Å²) in [6, 6.07) is 4.20. The summed E-state index contributed by atoms with van der Waals surface area (Å²) >= 11 is 0. The third kappa shape index (κ3) is 4.25. The van der Waals surface area contributed by atoms with Gasteiger partial charge in [-0.15, -0.1) is 0 Å². The van der Waals surface area contributed by atoms with Crippen molar-refractivity contribution in [1.29, 1.82) is 0 Å². The molecule has 2 heterocycles. The van der Waals surface area contributed by atoms with Gasteiger partial charge in [0.2, 0.25) is 0 Å². The number of aromatic nitrogens is 1. The lowest BCUT2D eigenvalue weighted by Gasteiger charge is -2.20. The summed E-state index contributed by atoms with van der Waals surface area (Å²) in [5.41, 5.74) is 1.07. The van der Waals surface area contributed by atoms with E-state index in [1.54, 1.807) is 13.2 Å². The summed E-state index contributed by atoms with van der Waals surface area (Å²) in [6.07, 6.45) is 1.14. The summed E-state index contributed by atoms with van der Waals surface area (Å²) in [6.45, 7) is 2.36. The van der Waals surface area contributed by atoms with Gasteiger partial charge in [-0.3, -0.25) is 9.69 Å². The van der Waals surface area contributed by atoms with Crippen LogP contribution in [0, 0.1) is 11.6 Å². The maximum atomic E-state index is 13.8. The third-order valence-electron chi connectivity index (χ3n) is 4.31. The molecule has 0 spiro atoms. The number of benzene rings is 1. The Balaban J connectivity index is 1.61. The van der Waals surface area contributed by atoms with E-state index in [-0.39, 0.29) is 11.8 Å². The van der Waals surface area contributed by atoms with E-state index in [2.05, 4.69) is 10.3 Å². The molecule has 0 unspecified atom stereocenters. The van der Waals surface area contributed by atoms with Crippen LogP contribution in [0.15, 0.2) is 22.6 Å². The summed E-state index contributed by atoms with van der Waals surface area (Å²) in [5, 5.41) is 2.67. The van der Waals surface area contributed by atoms with Crippen molar-refractivity contribution in [3.05, 3.63) is 52.7 Å². The van der Waals surface area contributed by atoms with Gasteiger partial charge in [-0.25, -0.2) is 13.8 Å². The summed E-state index contributed by atoms with van der Waals surface area (Å²) in [4.78, 5) is 18.3. The topological polar surface area (TPSA) is 67.6 Å². The minimum atomic E-state index is -0.838. The van der Waals surface area contributed by atoms with Crippen molar-refractivity contribution >= 4 is 5.91 Å². The Hall–Kier alpha value is -2.32. The fraction of sp³-hybridized carbons (Fsp3) is 0.444. The predicted octanol–water partition coefficient (Wildman–Crippen LogP) is 1.93. The Morgan fingerprint density at radius 2 is 2.15 bits per heavy atom. The van der Waals surface area contributed by atoms with Crippen LogP contribution in [0.2, 0.25) is 0 Å². The van der Waals surface area contributed by atoms with E-state index in [1.165, 1.54) is 6.07 Å². The van der Waals surface area contributed by atoms with Crippen LogP contribution < -0.4 is 5.32 Å². The molecule has 26 heavy (non-hydrogen) atoms. The molecule has 1 N–H and O–H groups in total. The van der Waals surface area contributed by atoms with Crippen molar-refractivity contribution < 1.29 is 22.7 Å². The molecule has 0 saturated heterocycles. The van der Waals surface area contributed by atoms with Gasteiger partial charge in [-0.2, -0.15) is 0 Å². The minimum absolute atomic E-state index is 0.0516. The largest absolute Gasteiger partial charge is 0.437 e. The number of hydrogen-bond acceptors (Lipinski definition) is 5. The first kappa shape index (κ1) is 18.5. The van der Waals surface area contributed by atoms with Gasteiger partial charge in [0, 0.05) is 51.7 Å². The van der Waals surface area contributed by atoms with Gasteiger partial charge in [0.25, 0.3) is 5.89 Å². The molecule has 8 heteroatoms. The van der Waals surface area contributed by atoms with Gasteiger partial charge in [0.1, 0.15) is 5.76 Å². The molecule has 140 valence electrons. The van der Waals surface area contributed by atoms with E-state index >= 15 is 0 Å². The molecular weight excluding hydrogens is 344 g/mol. The van der Waals surface area contributed by atoms with Crippen molar-refractivity contribution in [2.45, 2.75) is 19.4 Å². The van der Waals surface area contributed by atoms with Gasteiger partial charge in [0.05, 0.1) is 12.3 Å². The van der Waals surface area contributed by atoms with E-state index in [1.807, 2.05) is 4.90 Å². The maximum absolute atomic E-state index is 13.8. The summed E-state index contributed by atoms with van der Waals surface area (Å²) in [7, 11) is 1.56. The van der Waals surface area contributed by atoms with Crippen LogP contribution in [0.1, 0.15) is 27.7 Å². The van der Waals surface area contributed by atoms with Crippen LogP contribution in [0.3, 0.4) is 0 Å². The second-order valence-corrected chi connectivity index (χ2v) is 6.13. The highest BCUT2D eigenvalue weighted by molar-refractivity contribution is 5.89. The fourth-order valence-corrected chi connectivity index (χ4v) is 2.92. The zero-order chi connectivity index (χ0) is 18.5. The molecular formula is C18H21F2N3O3. The molecule has 2 aromatic rings. The first-order chi connectivity index (χ1) is 12.6. The minimum Gasteiger partial charge on any atom is -0.437 e. The first-order valence-electron chi connectivity index (χ1n) is 8.49. The van der Waals surface area contributed by atoms with Gasteiger partial charge >= 0.3 is 5.91 Å². The highest BCUT2D eigenvalue weighted by atomic mass is 19.2. The molecule has 1 aliphatic rings. The Labute approximate surface area is 150 Å². The summed E-state index contributed by atoms with van der Waals surface area (Å²) in [5.74, 6) is -1.29. The SMILES string of the molecule is COCCNC(=O)c1nc2c(o1)CCN(Cc1cccc(F)c1F)CC2. The first-order valence-corrected chi connectivity index (χ1v) is 8.49. The number of carbonyl (C=O) groups is 1. The second kappa shape index (κ2) is 8.37. The van der Waals surface area contributed by atoms with E-state index in [4.69, 9.17) is 9.15 Å². The molecule has 3 rings (SSSR count). The molecule has 0 aliphatic carbocycles. The van der Waals surface area contributed by atoms with Crippen molar-refractivity contribution in [3.8, 4) is 0 Å². The van der Waals surface area contributed by atoms with E-state index in [9.17, 15) is 13.6 Å². The molecule has 0 fully saturated rings. The van der Waals surface area contributed by atoms with Crippen molar-refractivity contribution in [2.75, 3.05) is 33.4 Å². The molecule has 1 aromatic heterocycles. The average Bonchev–Trinajstić information content (AvgIpc) is 2.95. The average molecular weight is 365 g/mol. The fourth-order valence-electron chi connectivity index (χ4n) is 2.92. The molecule has 0 bridgehead atoms. The maximum Gasteiger partial charge on any atom is 0.307 e. The lowest BCUT2D eigenvalue weighted by molar-refractivity contribution is 0.0900. The van der Waals surface area contributed by atoms with E-state index < -0.39 is 11.6 Å². The summed E-state index contributed by atoms with van der Waals surface area (Å²) < 4.78 is 37.7. The van der Waals surface area contributed by atoms with Crippen LogP contribution in [0.25, 0.3) is 0 Å². The smallest absolute Gasteiger partial charge is 0.307 e. The molecule has 0 saturated carbocycles. The van der Waals surface area contributed by atoms with Gasteiger partial charge in [-0.1, -0.05) is 12.1 Å². The number of ether oxygens (including phenoxy) is 1. The Kier molecular flexibility index (Phi) is 5.95. The molecule has 0 atom stereocenters. The molecule has 1 amide bonds. The Bertz CT molecular complexity index is 754. The van der Waals surface area contributed by atoms with Crippen LogP contribution in [0.4, 0.5) is 8.78 Å². The van der Waals surface area contributed by atoms with Gasteiger partial charge in [-0.05, 0) is 6.07 Å². The van der Waals surface area contributed by atoms with Crippen molar-refractivity contribution in [3.63, 3.8) is 0 Å². The number of carbonyl (C=O) groups excluding carboxylic acids is 1. The zero-order valence-electron chi connectivity index (χ0n) is 14.6. The number of nitrogens with one attached hydrogen (secondary N) is 1. The number of fused-ring (bicyclic) bond motifs is 1. The van der Waals surface area contributed by atoms with Crippen LogP contribution in [-0.4, -0.2) is 49.1 Å². The van der Waals surface area contributed by atoms with Gasteiger partial charge < -0.3 is 14.5 Å². The van der Waals surface area contributed by atoms with Crippen LogP contribution in [-0.2, 0) is 24.1 Å². The predicted molar refractivity (Wildman–Crippen MR) is 89.8 cm³/mol. The molecule has 1 aliphatic heterocycles. The Morgan fingerprint density at radius 1 is 1.35 bits per heavy atom. The number of amides is 1. The van der Waals surface area contributed by atoms with Crippen LogP contribution >= 0.6 is 0 Å². The quantitative estimate of drug-likeness (QED) is 0.793.